The van der Waals surface area contributed by atoms with Crippen molar-refractivity contribution in [2.45, 2.75) is 39.2 Å². The van der Waals surface area contributed by atoms with Crippen molar-refractivity contribution in [3.05, 3.63) is 0 Å². The van der Waals surface area contributed by atoms with Crippen LogP contribution < -0.4 is 5.73 Å². The summed E-state index contributed by atoms with van der Waals surface area (Å²) in [6.07, 6.45) is 1.76. The van der Waals surface area contributed by atoms with Crippen molar-refractivity contribution in [3.8, 4) is 0 Å². The summed E-state index contributed by atoms with van der Waals surface area (Å²) in [6, 6.07) is 0. The number of carbonyl (C=O) groups is 1. The highest BCUT2D eigenvalue weighted by molar-refractivity contribution is 6.02. The largest absolute Gasteiger partial charge is 0.409 e. The molecule has 0 aromatic carbocycles. The minimum Gasteiger partial charge on any atom is -0.409 e. The third-order valence-corrected chi connectivity index (χ3v) is 3.57. The second-order valence-electron chi connectivity index (χ2n) is 4.94. The topological polar surface area (TPSA) is 99.2 Å². The second kappa shape index (κ2) is 6.58. The highest BCUT2D eigenvalue weighted by atomic mass is 16.4. The Morgan fingerprint density at radius 1 is 1.61 bits per heavy atom. The van der Waals surface area contributed by atoms with Gasteiger partial charge in [-0.15, -0.1) is 0 Å². The normalized spacial score (nSPS) is 24.1. The smallest absolute Gasteiger partial charge is 0.233 e. The summed E-state index contributed by atoms with van der Waals surface area (Å²) in [5, 5.41) is 21.2. The first-order chi connectivity index (χ1) is 8.51. The lowest BCUT2D eigenvalue weighted by Gasteiger charge is -2.23. The van der Waals surface area contributed by atoms with E-state index in [-0.39, 0.29) is 17.7 Å². The van der Waals surface area contributed by atoms with E-state index >= 15 is 0 Å². The number of hydrogen-bond acceptors (Lipinski definition) is 4. The number of amides is 1. The van der Waals surface area contributed by atoms with Crippen LogP contribution in [0.4, 0.5) is 0 Å². The Hall–Kier alpha value is -1.30. The van der Waals surface area contributed by atoms with E-state index in [2.05, 4.69) is 5.16 Å². The maximum absolute atomic E-state index is 12.3. The molecule has 0 aromatic heterocycles. The Balaban J connectivity index is 2.67. The number of hydrogen-bond donors (Lipinski definition) is 3. The SMILES string of the molecule is CCCC(C(=O)N1CCC(C(C)O)C1)C(N)=NO. The van der Waals surface area contributed by atoms with Gasteiger partial charge < -0.3 is 20.9 Å². The molecule has 104 valence electrons. The van der Waals surface area contributed by atoms with Gasteiger partial charge in [-0.25, -0.2) is 0 Å². The number of nitrogens with two attached hydrogens (primary N) is 1. The van der Waals surface area contributed by atoms with Crippen molar-refractivity contribution < 1.29 is 15.1 Å². The molecule has 1 saturated heterocycles. The van der Waals surface area contributed by atoms with Gasteiger partial charge in [-0.1, -0.05) is 18.5 Å². The van der Waals surface area contributed by atoms with Crippen LogP contribution in [0.3, 0.4) is 0 Å². The van der Waals surface area contributed by atoms with Crippen LogP contribution in [0.1, 0.15) is 33.1 Å². The number of oxime groups is 1. The Kier molecular flexibility index (Phi) is 5.40. The first-order valence-electron chi connectivity index (χ1n) is 6.45. The van der Waals surface area contributed by atoms with E-state index in [0.717, 1.165) is 12.8 Å². The van der Waals surface area contributed by atoms with Crippen molar-refractivity contribution in [2.75, 3.05) is 13.1 Å². The highest BCUT2D eigenvalue weighted by Gasteiger charge is 2.33. The third kappa shape index (κ3) is 3.35. The number of carbonyl (C=O) groups excluding carboxylic acids is 1. The molecule has 1 amide bonds. The molecular formula is C12H23N3O3. The summed E-state index contributed by atoms with van der Waals surface area (Å²) >= 11 is 0. The van der Waals surface area contributed by atoms with Gasteiger partial charge >= 0.3 is 0 Å². The lowest BCUT2D eigenvalue weighted by atomic mass is 10.0. The van der Waals surface area contributed by atoms with Crippen LogP contribution in [0.2, 0.25) is 0 Å². The van der Waals surface area contributed by atoms with Crippen molar-refractivity contribution in [1.82, 2.24) is 4.90 Å². The van der Waals surface area contributed by atoms with E-state index in [9.17, 15) is 9.90 Å². The molecule has 6 nitrogen and oxygen atoms in total. The molecule has 1 fully saturated rings. The van der Waals surface area contributed by atoms with E-state index in [1.54, 1.807) is 11.8 Å². The molecule has 4 N–H and O–H groups in total. The molecular weight excluding hydrogens is 234 g/mol. The molecule has 1 aliphatic heterocycles. The molecule has 0 aromatic rings. The number of aliphatic hydroxyl groups excluding tert-OH is 1. The number of amidine groups is 1. The maximum atomic E-state index is 12.3. The van der Waals surface area contributed by atoms with Gasteiger partial charge in [-0.3, -0.25) is 4.79 Å². The van der Waals surface area contributed by atoms with Crippen LogP contribution in [0, 0.1) is 11.8 Å². The van der Waals surface area contributed by atoms with E-state index in [0.29, 0.717) is 19.5 Å². The standard InChI is InChI=1S/C12H23N3O3/c1-3-4-10(11(13)14-18)12(17)15-6-5-9(7-15)8(2)16/h8-10,16,18H,3-7H2,1-2H3,(H2,13,14). The number of nitrogens with zero attached hydrogens (tertiary/aromatic N) is 2. The lowest BCUT2D eigenvalue weighted by Crippen LogP contribution is -2.41. The fourth-order valence-electron chi connectivity index (χ4n) is 2.36. The summed E-state index contributed by atoms with van der Waals surface area (Å²) < 4.78 is 0. The summed E-state index contributed by atoms with van der Waals surface area (Å²) in [5.41, 5.74) is 5.57. The fourth-order valence-corrected chi connectivity index (χ4v) is 2.36. The average Bonchev–Trinajstić information content (AvgIpc) is 2.84. The Labute approximate surface area is 107 Å². The highest BCUT2D eigenvalue weighted by Crippen LogP contribution is 2.22. The van der Waals surface area contributed by atoms with Gasteiger partial charge in [0, 0.05) is 19.0 Å². The fraction of sp³-hybridized carbons (Fsp3) is 0.833. The van der Waals surface area contributed by atoms with Gasteiger partial charge in [0.1, 0.15) is 0 Å². The van der Waals surface area contributed by atoms with E-state index in [1.165, 1.54) is 0 Å². The second-order valence-corrected chi connectivity index (χ2v) is 4.94. The first kappa shape index (κ1) is 14.8. The van der Waals surface area contributed by atoms with Gasteiger partial charge in [0.15, 0.2) is 5.84 Å². The van der Waals surface area contributed by atoms with Crippen LogP contribution in [0.5, 0.6) is 0 Å². The monoisotopic (exact) mass is 257 g/mol. The predicted octanol–water partition coefficient (Wildman–Crippen LogP) is 0.378. The third-order valence-electron chi connectivity index (χ3n) is 3.57. The Morgan fingerprint density at radius 2 is 2.28 bits per heavy atom. The van der Waals surface area contributed by atoms with Crippen LogP contribution in [0.25, 0.3) is 0 Å². The molecule has 6 heteroatoms. The number of aliphatic hydroxyl groups is 1. The quantitative estimate of drug-likeness (QED) is 0.287. The van der Waals surface area contributed by atoms with Crippen molar-refractivity contribution in [3.63, 3.8) is 0 Å². The molecule has 1 rings (SSSR count). The van der Waals surface area contributed by atoms with Gasteiger partial charge in [0.05, 0.1) is 12.0 Å². The van der Waals surface area contributed by atoms with Gasteiger partial charge in [-0.2, -0.15) is 0 Å². The van der Waals surface area contributed by atoms with E-state index in [4.69, 9.17) is 10.9 Å². The zero-order valence-corrected chi connectivity index (χ0v) is 11.0. The molecule has 3 atom stereocenters. The molecule has 0 saturated carbocycles. The van der Waals surface area contributed by atoms with Crippen molar-refractivity contribution in [2.24, 2.45) is 22.7 Å². The Morgan fingerprint density at radius 3 is 2.72 bits per heavy atom. The zero-order valence-electron chi connectivity index (χ0n) is 11.0. The van der Waals surface area contributed by atoms with Gasteiger partial charge in [-0.05, 0) is 19.8 Å². The molecule has 1 heterocycles. The van der Waals surface area contributed by atoms with Crippen LogP contribution in [0.15, 0.2) is 5.16 Å². The molecule has 3 unspecified atom stereocenters. The summed E-state index contributed by atoms with van der Waals surface area (Å²) in [5.74, 6) is -0.547. The van der Waals surface area contributed by atoms with Crippen LogP contribution >= 0.6 is 0 Å². The number of rotatable bonds is 5. The van der Waals surface area contributed by atoms with Gasteiger partial charge in [0.2, 0.25) is 5.91 Å². The van der Waals surface area contributed by atoms with E-state index < -0.39 is 12.0 Å². The molecule has 0 spiro atoms. The molecule has 0 aliphatic carbocycles. The number of likely N-dealkylation sites (tertiary alicyclic amines) is 1. The first-order valence-corrected chi connectivity index (χ1v) is 6.45. The molecule has 18 heavy (non-hydrogen) atoms. The Bertz CT molecular complexity index is 318. The average molecular weight is 257 g/mol. The predicted molar refractivity (Wildman–Crippen MR) is 68.2 cm³/mol. The minimum absolute atomic E-state index is 0.0256. The summed E-state index contributed by atoms with van der Waals surface area (Å²) in [6.45, 7) is 4.88. The molecule has 0 radical (unpaired) electrons. The summed E-state index contributed by atoms with van der Waals surface area (Å²) in [4.78, 5) is 14.0. The lowest BCUT2D eigenvalue weighted by molar-refractivity contribution is -0.132. The van der Waals surface area contributed by atoms with Gasteiger partial charge in [0.25, 0.3) is 0 Å². The van der Waals surface area contributed by atoms with E-state index in [1.807, 2.05) is 6.92 Å². The van der Waals surface area contributed by atoms with Crippen molar-refractivity contribution >= 4 is 11.7 Å². The maximum Gasteiger partial charge on any atom is 0.233 e. The van der Waals surface area contributed by atoms with Crippen LogP contribution in [-0.2, 0) is 4.79 Å². The van der Waals surface area contributed by atoms with Crippen molar-refractivity contribution in [1.29, 1.82) is 0 Å². The molecule has 1 aliphatic rings. The summed E-state index contributed by atoms with van der Waals surface area (Å²) in [7, 11) is 0. The zero-order chi connectivity index (χ0) is 13.7. The molecule has 0 bridgehead atoms. The van der Waals surface area contributed by atoms with Crippen LogP contribution in [-0.4, -0.2) is 46.1 Å². The minimum atomic E-state index is -0.548.